The number of aliphatic hydroxyl groups excluding tert-OH is 2. The number of ketones is 2. The third-order valence-electron chi connectivity index (χ3n) is 24.6. The second-order valence-corrected chi connectivity index (χ2v) is 58.5. The van der Waals surface area contributed by atoms with Gasteiger partial charge < -0.3 is 95.6 Å². The maximum atomic E-state index is 12.8. The van der Waals surface area contributed by atoms with E-state index in [2.05, 4.69) is 139 Å². The molecule has 5 atom stereocenters. The summed E-state index contributed by atoms with van der Waals surface area (Å²) in [7, 11) is -5.44. The SMILES string of the molecule is CC(=O)CCO.CC(=O)CCO[Si](C)(C)C(C)(C)C.CC1(c2onc(-c3c(Cl)cccc3Cl)c2C(=O)O)CCO1.CCOC(=O)C#CC(C)(O)CCO[Si](C)(C)C(C)(C)C.CCOC(=O)c1c(-c2c(Cl)cccc2Cl)noc1C(C)(O)CCO.CCOC(=O)c1c(-c2c(Cl)cccc2Cl)noc1C(C)(O)CCO[Si](C)(C)C(C)(C)C.CCOC(=O)c1c(-c2c(Cl)cccc2Cl)noc1C1(C)CCO1.O/N=C(\Cl)c1c(Cl)cccc1Cl. The highest BCUT2D eigenvalue weighted by atomic mass is 35.5. The molecule has 0 radical (unpaired) electrons. The van der Waals surface area contributed by atoms with Gasteiger partial charge in [-0.2, -0.15) is 0 Å². The summed E-state index contributed by atoms with van der Waals surface area (Å²) >= 11 is 66.7. The van der Waals surface area contributed by atoms with Gasteiger partial charge in [-0.15, -0.1) is 0 Å². The van der Waals surface area contributed by atoms with Crippen LogP contribution < -0.4 is 0 Å². The lowest BCUT2D eigenvalue weighted by Crippen LogP contribution is -2.42. The third-order valence-corrected chi connectivity index (χ3v) is 41.7. The Hall–Kier alpha value is -7.90. The van der Waals surface area contributed by atoms with E-state index in [0.717, 1.165) is 6.42 Å². The Labute approximate surface area is 934 Å². The second-order valence-electron chi connectivity index (χ2n) is 39.7. The van der Waals surface area contributed by atoms with E-state index in [4.69, 9.17) is 203 Å². The molecular formula is C104H136Cl11N5O27Si3. The monoisotopic (exact) mass is 2360 g/mol. The van der Waals surface area contributed by atoms with Crippen molar-refractivity contribution in [2.24, 2.45) is 5.16 Å². The summed E-state index contributed by atoms with van der Waals surface area (Å²) in [6.45, 7) is 53.5. The standard InChI is InChI=1S/C22H31Cl2NO5Si.C16H17Cl2NO5.C16H15Cl2NO4.C15H28O4Si.C14H11Cl2NO4.C10H22O2Si.C7H4Cl3NO.C4H8O2/c1-8-28-20(26)17-18(16-14(23)10-9-11-15(16)24)25-30-19(17)22(5,27)12-13-29-31(6,7)21(2,3)4;1-3-23-15(21)12-13(11-9(17)5-4-6-10(11)18)19-24-14(12)16(2,22)7-8-20;1-3-21-15(20)12-13(11-9(17)5-4-6-10(11)18)19-23-14(12)16(2)7-8-22-16;1-8-18-13(16)9-10-15(5,17)11-12-19-20(6,7)14(2,3)4;1-14(5-6-20-14)12-10(13(18)19)11(17-21-12)9-7(15)3-2-4-8(9)16;1-9(11)7-8-12-13(5,6)10(2,3)4;8-4-2-1-3-5(9)6(4)7(10)11-12;1-4(6)2-3-5/h9-11,27H,8,12-13H2,1-7H3;4-6,20,22H,3,7-8H2,1-2H3;4-6H,3,7-8H2,1-2H3;17H,8,11-12H2,1-7H3;2-4H,5-6H2,1H3,(H,18,19);7-8H2,1-6H3;1-3,12H;5H,2-3H2,1H3/b;;;;;;11-7-;. The normalized spacial score (nSPS) is 15.6. The van der Waals surface area contributed by atoms with Gasteiger partial charge in [0.25, 0.3) is 0 Å². The van der Waals surface area contributed by atoms with Crippen molar-refractivity contribution in [2.75, 3.05) is 72.7 Å². The summed E-state index contributed by atoms with van der Waals surface area (Å²) in [5.41, 5.74) is -3.38. The molecule has 0 saturated carbocycles. The summed E-state index contributed by atoms with van der Waals surface area (Å²) in [5, 5.41) is 89.0. The number of carboxylic acid groups (broad SMARTS) is 1. The van der Waals surface area contributed by atoms with Crippen LogP contribution >= 0.6 is 128 Å². The first kappa shape index (κ1) is 134. The van der Waals surface area contributed by atoms with E-state index in [1.165, 1.54) is 13.8 Å². The fourth-order valence-corrected chi connectivity index (χ4v) is 18.9. The largest absolute Gasteiger partial charge is 0.477 e. The van der Waals surface area contributed by atoms with Crippen LogP contribution in [0.25, 0.3) is 45.0 Å². The highest BCUT2D eigenvalue weighted by Gasteiger charge is 2.48. The number of aliphatic hydroxyl groups is 5. The van der Waals surface area contributed by atoms with E-state index in [-0.39, 0.29) is 157 Å². The molecule has 0 amide bonds. The van der Waals surface area contributed by atoms with Crippen molar-refractivity contribution in [1.82, 2.24) is 20.6 Å². The lowest BCUT2D eigenvalue weighted by atomic mass is 9.90. The summed E-state index contributed by atoms with van der Waals surface area (Å²) in [4.78, 5) is 81.1. The minimum atomic E-state index is -2.00. The van der Waals surface area contributed by atoms with Gasteiger partial charge in [0.2, 0.25) is 0 Å². The molecule has 46 heteroatoms. The molecule has 9 aromatic rings. The number of carbonyl (C=O) groups excluding carboxylic acids is 6. The number of esters is 4. The molecule has 150 heavy (non-hydrogen) atoms. The van der Waals surface area contributed by atoms with Gasteiger partial charge in [0, 0.05) is 106 Å². The molecule has 2 saturated heterocycles. The summed E-state index contributed by atoms with van der Waals surface area (Å²) in [6.07, 6.45) is 2.75. The van der Waals surface area contributed by atoms with Crippen LogP contribution in [0.2, 0.25) is 105 Å². The Balaban J connectivity index is 0.000000367. The Bertz CT molecular complexity index is 6040. The molecule has 0 bridgehead atoms. The fourth-order valence-electron chi connectivity index (χ4n) is 12.6. The second kappa shape index (κ2) is 59.3. The van der Waals surface area contributed by atoms with Gasteiger partial charge in [-0.3, -0.25) is 9.59 Å². The molecule has 2 aliphatic heterocycles. The van der Waals surface area contributed by atoms with Gasteiger partial charge in [-0.25, -0.2) is 24.0 Å². The van der Waals surface area contributed by atoms with Crippen molar-refractivity contribution in [2.45, 2.75) is 266 Å². The lowest BCUT2D eigenvalue weighted by molar-refractivity contribution is -0.154. The zero-order valence-electron chi connectivity index (χ0n) is 89.1. The molecule has 7 N–H and O–H groups in total. The highest BCUT2D eigenvalue weighted by molar-refractivity contribution is 6.75. The molecule has 11 rings (SSSR count). The van der Waals surface area contributed by atoms with Gasteiger partial charge in [-0.05, 0) is 191 Å². The van der Waals surface area contributed by atoms with Crippen LogP contribution in [0.1, 0.15) is 253 Å². The molecule has 2 aliphatic rings. The van der Waals surface area contributed by atoms with E-state index in [9.17, 15) is 54.0 Å². The van der Waals surface area contributed by atoms with Gasteiger partial charge in [0.1, 0.15) is 84.6 Å². The van der Waals surface area contributed by atoms with Crippen molar-refractivity contribution >= 4 is 199 Å². The molecule has 2 fully saturated rings. The van der Waals surface area contributed by atoms with Crippen LogP contribution in [0.4, 0.5) is 0 Å². The van der Waals surface area contributed by atoms with E-state index in [1.54, 1.807) is 146 Å². The minimum absolute atomic E-state index is 0.00392. The number of Topliss-reactive ketones (excluding diaryl/α,β-unsaturated/α-hetero) is 2. The highest BCUT2D eigenvalue weighted by Crippen LogP contribution is 2.50. The number of oxime groups is 1. The first-order valence-electron chi connectivity index (χ1n) is 47.6. The molecular weight excluding hydrogens is 2230 g/mol. The van der Waals surface area contributed by atoms with E-state index in [0.29, 0.717) is 132 Å². The van der Waals surface area contributed by atoms with Crippen LogP contribution in [-0.4, -0.2) is 206 Å². The zero-order valence-corrected chi connectivity index (χ0v) is 100. The number of aromatic carboxylic acids is 1. The van der Waals surface area contributed by atoms with Crippen molar-refractivity contribution in [3.8, 4) is 56.9 Å². The summed E-state index contributed by atoms with van der Waals surface area (Å²) in [5.74, 6) is 1.79. The van der Waals surface area contributed by atoms with Crippen LogP contribution in [0.3, 0.4) is 0 Å². The molecule has 828 valence electrons. The molecule has 5 aromatic carbocycles. The average molecular weight is 2360 g/mol. The van der Waals surface area contributed by atoms with Crippen molar-refractivity contribution in [3.63, 3.8) is 0 Å². The molecule has 6 heterocycles. The Kier molecular flexibility index (Phi) is 53.1. The van der Waals surface area contributed by atoms with Crippen molar-refractivity contribution in [1.29, 1.82) is 0 Å². The Morgan fingerprint density at radius 1 is 0.413 bits per heavy atom. The Morgan fingerprint density at radius 3 is 0.980 bits per heavy atom. The van der Waals surface area contributed by atoms with Gasteiger partial charge in [0.15, 0.2) is 53.2 Å². The smallest absolute Gasteiger partial charge is 0.384 e. The number of ether oxygens (including phenoxy) is 6. The van der Waals surface area contributed by atoms with Crippen molar-refractivity contribution < 1.29 is 129 Å². The van der Waals surface area contributed by atoms with Gasteiger partial charge in [-0.1, -0.05) is 252 Å². The van der Waals surface area contributed by atoms with E-state index >= 15 is 0 Å². The molecule has 4 aromatic heterocycles. The number of carbonyl (C=O) groups is 7. The maximum Gasteiger partial charge on any atom is 0.384 e. The van der Waals surface area contributed by atoms with Crippen LogP contribution in [0, 0.1) is 11.8 Å². The summed E-state index contributed by atoms with van der Waals surface area (Å²) < 4.78 is 70.5. The molecule has 0 spiro atoms. The number of rotatable bonds is 33. The lowest BCUT2D eigenvalue weighted by Gasteiger charge is -2.36. The average Bonchev–Trinajstić information content (AvgIpc) is 1.60. The zero-order chi connectivity index (χ0) is 114. The van der Waals surface area contributed by atoms with E-state index < -0.39 is 82.8 Å². The first-order chi connectivity index (χ1) is 69.5. The van der Waals surface area contributed by atoms with Crippen molar-refractivity contribution in [3.05, 3.63) is 192 Å². The van der Waals surface area contributed by atoms with Crippen LogP contribution in [-0.2, 0) is 78.5 Å². The number of halogens is 11. The molecule has 32 nitrogen and oxygen atoms in total. The number of hydrogen-bond donors (Lipinski definition) is 7. The first-order valence-corrected chi connectivity index (χ1v) is 60.5. The number of carboxylic acids is 1. The van der Waals surface area contributed by atoms with E-state index in [1.807, 2.05) is 6.92 Å². The third kappa shape index (κ3) is 38.0. The quantitative estimate of drug-likeness (QED) is 0.00293. The number of benzene rings is 5. The number of aromatic nitrogens is 4. The minimum Gasteiger partial charge on any atom is -0.477 e. The summed E-state index contributed by atoms with van der Waals surface area (Å²) in [6, 6.07) is 24.7. The number of hydrogen-bond acceptors (Lipinski definition) is 31. The van der Waals surface area contributed by atoms with Gasteiger partial charge in [0.05, 0.1) is 95.4 Å². The maximum absolute atomic E-state index is 12.8. The predicted molar refractivity (Wildman–Crippen MR) is 591 cm³/mol. The van der Waals surface area contributed by atoms with Gasteiger partial charge >= 0.3 is 29.8 Å². The predicted octanol–water partition coefficient (Wildman–Crippen LogP) is 27.3. The number of nitrogens with zero attached hydrogens (tertiary/aromatic N) is 5. The molecule has 5 unspecified atom stereocenters. The molecule has 0 aliphatic carbocycles. The van der Waals surface area contributed by atoms with Crippen LogP contribution in [0.5, 0.6) is 0 Å². The fraction of sp³-hybridized carbons (Fsp3) is 0.500. The topological polar surface area (TPSA) is 461 Å². The van der Waals surface area contributed by atoms with Crippen LogP contribution in [0.15, 0.2) is 114 Å². The Morgan fingerprint density at radius 2 is 0.700 bits per heavy atom.